The summed E-state index contributed by atoms with van der Waals surface area (Å²) in [6.07, 6.45) is 0.807. The van der Waals surface area contributed by atoms with E-state index in [4.69, 9.17) is 21.7 Å². The molecule has 1 saturated heterocycles. The van der Waals surface area contributed by atoms with Crippen molar-refractivity contribution in [1.29, 1.82) is 0 Å². The first kappa shape index (κ1) is 18.1. The monoisotopic (exact) mass is 382 g/mol. The van der Waals surface area contributed by atoms with E-state index < -0.39 is 5.72 Å². The average molecular weight is 383 g/mol. The Morgan fingerprint density at radius 2 is 2.00 bits per heavy atom. The molecule has 142 valence electrons. The molecule has 2 aliphatic heterocycles. The lowest BCUT2D eigenvalue weighted by Gasteiger charge is -2.52. The van der Waals surface area contributed by atoms with Gasteiger partial charge in [0.15, 0.2) is 22.3 Å². The Balaban J connectivity index is 1.74. The highest BCUT2D eigenvalue weighted by atomic mass is 32.1. The van der Waals surface area contributed by atoms with Crippen LogP contribution in [-0.4, -0.2) is 17.4 Å². The van der Waals surface area contributed by atoms with Crippen molar-refractivity contribution in [3.05, 3.63) is 53.6 Å². The van der Waals surface area contributed by atoms with Crippen LogP contribution >= 0.6 is 12.2 Å². The van der Waals surface area contributed by atoms with Crippen LogP contribution in [0, 0.1) is 0 Å². The molecule has 1 N–H and O–H groups in total. The molecule has 2 aromatic carbocycles. The number of nitrogens with zero attached hydrogens (tertiary/aromatic N) is 1. The van der Waals surface area contributed by atoms with Gasteiger partial charge >= 0.3 is 0 Å². The van der Waals surface area contributed by atoms with Crippen LogP contribution in [0.15, 0.2) is 42.5 Å². The van der Waals surface area contributed by atoms with E-state index in [-0.39, 0.29) is 6.04 Å². The SMILES string of the molecule is CCOc1cccc2c1OC1(C)CC2NC(=S)N1c1ccc(C(C)C)cc1. The summed E-state index contributed by atoms with van der Waals surface area (Å²) in [6.45, 7) is 9.10. The molecule has 2 aliphatic rings. The highest BCUT2D eigenvalue weighted by molar-refractivity contribution is 7.80. The molecule has 1 fully saturated rings. The molecule has 0 saturated carbocycles. The summed E-state index contributed by atoms with van der Waals surface area (Å²) in [5.74, 6) is 2.10. The number of ether oxygens (including phenoxy) is 2. The van der Waals surface area contributed by atoms with Crippen LogP contribution in [0.25, 0.3) is 0 Å². The molecule has 0 radical (unpaired) electrons. The predicted molar refractivity (Wildman–Crippen MR) is 113 cm³/mol. The normalized spacial score (nSPS) is 23.5. The van der Waals surface area contributed by atoms with Crippen molar-refractivity contribution in [3.63, 3.8) is 0 Å². The molecular weight excluding hydrogens is 356 g/mol. The average Bonchev–Trinajstić information content (AvgIpc) is 2.62. The minimum atomic E-state index is -0.563. The van der Waals surface area contributed by atoms with Crippen LogP contribution in [0.3, 0.4) is 0 Å². The van der Waals surface area contributed by atoms with Crippen LogP contribution in [0.2, 0.25) is 0 Å². The molecule has 5 heteroatoms. The number of anilines is 1. The first-order chi connectivity index (χ1) is 12.9. The number of fused-ring (bicyclic) bond motifs is 4. The van der Waals surface area contributed by atoms with E-state index in [2.05, 4.69) is 61.3 Å². The fourth-order valence-electron chi connectivity index (χ4n) is 4.03. The number of rotatable bonds is 4. The van der Waals surface area contributed by atoms with Crippen molar-refractivity contribution in [2.45, 2.75) is 51.8 Å². The van der Waals surface area contributed by atoms with E-state index in [1.165, 1.54) is 5.56 Å². The number of hydrogen-bond donors (Lipinski definition) is 1. The Morgan fingerprint density at radius 3 is 2.67 bits per heavy atom. The summed E-state index contributed by atoms with van der Waals surface area (Å²) in [7, 11) is 0. The standard InChI is InChI=1S/C22H26N2O2S/c1-5-25-19-8-6-7-17-18-13-22(4,26-20(17)19)24(21(27)23-18)16-11-9-15(10-12-16)14(2)3/h6-12,14,18H,5,13H2,1-4H3,(H,23,27). The second-order valence-electron chi connectivity index (χ2n) is 7.67. The summed E-state index contributed by atoms with van der Waals surface area (Å²) in [6, 6.07) is 14.8. The molecule has 2 heterocycles. The van der Waals surface area contributed by atoms with Gasteiger partial charge in [-0.05, 0) is 55.7 Å². The molecule has 2 aromatic rings. The van der Waals surface area contributed by atoms with Crippen LogP contribution in [-0.2, 0) is 0 Å². The fourth-order valence-corrected chi connectivity index (χ4v) is 4.47. The van der Waals surface area contributed by atoms with E-state index in [1.54, 1.807) is 0 Å². The maximum atomic E-state index is 6.56. The molecule has 2 atom stereocenters. The van der Waals surface area contributed by atoms with Crippen LogP contribution in [0.5, 0.6) is 11.5 Å². The maximum absolute atomic E-state index is 6.56. The highest BCUT2D eigenvalue weighted by Crippen LogP contribution is 2.49. The Morgan fingerprint density at radius 1 is 1.26 bits per heavy atom. The molecule has 2 bridgehead atoms. The third kappa shape index (κ3) is 3.04. The molecule has 0 aliphatic carbocycles. The maximum Gasteiger partial charge on any atom is 0.188 e. The zero-order valence-electron chi connectivity index (χ0n) is 16.3. The second kappa shape index (κ2) is 6.71. The van der Waals surface area contributed by atoms with E-state index in [0.29, 0.717) is 17.6 Å². The van der Waals surface area contributed by atoms with Crippen LogP contribution in [0.1, 0.15) is 57.2 Å². The van der Waals surface area contributed by atoms with Gasteiger partial charge in [0.2, 0.25) is 0 Å². The Labute approximate surface area is 166 Å². The molecule has 4 nitrogen and oxygen atoms in total. The van der Waals surface area contributed by atoms with Gasteiger partial charge in [-0.1, -0.05) is 38.1 Å². The largest absolute Gasteiger partial charge is 0.490 e. The molecule has 0 aromatic heterocycles. The van der Waals surface area contributed by atoms with Gasteiger partial charge in [-0.15, -0.1) is 0 Å². The molecule has 4 rings (SSSR count). The molecular formula is C22H26N2O2S. The topological polar surface area (TPSA) is 33.7 Å². The van der Waals surface area contributed by atoms with Gasteiger partial charge in [0.25, 0.3) is 0 Å². The third-order valence-electron chi connectivity index (χ3n) is 5.38. The number of para-hydroxylation sites is 1. The van der Waals surface area contributed by atoms with Crippen molar-refractivity contribution in [2.75, 3.05) is 11.5 Å². The van der Waals surface area contributed by atoms with Gasteiger partial charge in [0, 0.05) is 17.7 Å². The number of hydrogen-bond acceptors (Lipinski definition) is 3. The summed E-state index contributed by atoms with van der Waals surface area (Å²) >= 11 is 5.74. The lowest BCUT2D eigenvalue weighted by atomic mass is 9.90. The van der Waals surface area contributed by atoms with Crippen molar-refractivity contribution in [3.8, 4) is 11.5 Å². The van der Waals surface area contributed by atoms with Crippen molar-refractivity contribution < 1.29 is 9.47 Å². The van der Waals surface area contributed by atoms with Crippen LogP contribution < -0.4 is 19.7 Å². The minimum Gasteiger partial charge on any atom is -0.490 e. The van der Waals surface area contributed by atoms with Gasteiger partial charge in [-0.3, -0.25) is 4.90 Å². The van der Waals surface area contributed by atoms with Crippen molar-refractivity contribution in [2.24, 2.45) is 0 Å². The molecule has 0 amide bonds. The Kier molecular flexibility index (Phi) is 4.50. The summed E-state index contributed by atoms with van der Waals surface area (Å²) in [4.78, 5) is 2.09. The number of thiocarbonyl (C=S) groups is 1. The van der Waals surface area contributed by atoms with E-state index in [9.17, 15) is 0 Å². The Bertz CT molecular complexity index is 865. The van der Waals surface area contributed by atoms with Gasteiger partial charge < -0.3 is 14.8 Å². The zero-order chi connectivity index (χ0) is 19.2. The smallest absolute Gasteiger partial charge is 0.188 e. The summed E-state index contributed by atoms with van der Waals surface area (Å²) in [5.41, 5.74) is 2.89. The number of nitrogens with one attached hydrogen (secondary N) is 1. The predicted octanol–water partition coefficient (Wildman–Crippen LogP) is 5.14. The third-order valence-corrected chi connectivity index (χ3v) is 5.68. The van der Waals surface area contributed by atoms with Crippen molar-refractivity contribution >= 4 is 23.0 Å². The molecule has 2 unspecified atom stereocenters. The first-order valence-electron chi connectivity index (χ1n) is 9.58. The molecule has 27 heavy (non-hydrogen) atoms. The van der Waals surface area contributed by atoms with Crippen molar-refractivity contribution in [1.82, 2.24) is 5.32 Å². The number of benzene rings is 2. The second-order valence-corrected chi connectivity index (χ2v) is 8.06. The lowest BCUT2D eigenvalue weighted by molar-refractivity contribution is 0.0457. The summed E-state index contributed by atoms with van der Waals surface area (Å²) < 4.78 is 12.4. The minimum absolute atomic E-state index is 0.123. The lowest BCUT2D eigenvalue weighted by Crippen LogP contribution is -2.65. The quantitative estimate of drug-likeness (QED) is 0.740. The Hall–Kier alpha value is -2.27. The fraction of sp³-hybridized carbons (Fsp3) is 0.409. The summed E-state index contributed by atoms with van der Waals surface area (Å²) in [5, 5.41) is 4.20. The van der Waals surface area contributed by atoms with Gasteiger partial charge in [-0.25, -0.2) is 0 Å². The van der Waals surface area contributed by atoms with E-state index in [1.807, 2.05) is 19.1 Å². The van der Waals surface area contributed by atoms with E-state index >= 15 is 0 Å². The highest BCUT2D eigenvalue weighted by Gasteiger charge is 2.49. The van der Waals surface area contributed by atoms with Crippen LogP contribution in [0.4, 0.5) is 5.69 Å². The first-order valence-corrected chi connectivity index (χ1v) is 9.99. The van der Waals surface area contributed by atoms with Gasteiger partial charge in [0.05, 0.1) is 12.6 Å². The van der Waals surface area contributed by atoms with Gasteiger partial charge in [0.1, 0.15) is 0 Å². The molecule has 0 spiro atoms. The zero-order valence-corrected chi connectivity index (χ0v) is 17.1. The van der Waals surface area contributed by atoms with E-state index in [0.717, 1.165) is 29.2 Å². The van der Waals surface area contributed by atoms with Gasteiger partial charge in [-0.2, -0.15) is 0 Å².